The molecule has 18 heavy (non-hydrogen) atoms. The molecule has 0 aromatic heterocycles. The molecule has 0 spiro atoms. The fourth-order valence-electron chi connectivity index (χ4n) is 2.16. The van der Waals surface area contributed by atoms with E-state index in [2.05, 4.69) is 25.8 Å². The maximum atomic E-state index is 9.95. The minimum atomic E-state index is -0.532. The van der Waals surface area contributed by atoms with Crippen LogP contribution in [0.4, 0.5) is 5.69 Å². The SMILES string of the molecule is CCC(C)CN(C)c1cccc(OC)c1[C@@H](C)O. The van der Waals surface area contributed by atoms with Crippen LogP contribution >= 0.6 is 0 Å². The molecule has 0 aliphatic rings. The zero-order valence-electron chi connectivity index (χ0n) is 12.1. The van der Waals surface area contributed by atoms with Crippen molar-refractivity contribution >= 4 is 5.69 Å². The number of hydrogen-bond acceptors (Lipinski definition) is 3. The Morgan fingerprint density at radius 2 is 2.00 bits per heavy atom. The van der Waals surface area contributed by atoms with E-state index in [1.165, 1.54) is 0 Å². The molecule has 1 N–H and O–H groups in total. The summed E-state index contributed by atoms with van der Waals surface area (Å²) < 4.78 is 5.34. The second-order valence-electron chi connectivity index (χ2n) is 4.96. The highest BCUT2D eigenvalue weighted by Gasteiger charge is 2.17. The van der Waals surface area contributed by atoms with Crippen LogP contribution in [0.5, 0.6) is 5.75 Å². The minimum absolute atomic E-state index is 0.532. The Balaban J connectivity index is 3.07. The van der Waals surface area contributed by atoms with E-state index < -0.39 is 6.10 Å². The summed E-state index contributed by atoms with van der Waals surface area (Å²) in [6.07, 6.45) is 0.619. The van der Waals surface area contributed by atoms with Gasteiger partial charge in [-0.05, 0) is 25.0 Å². The third kappa shape index (κ3) is 3.39. The Labute approximate surface area is 110 Å². The van der Waals surface area contributed by atoms with Crippen LogP contribution < -0.4 is 9.64 Å². The summed E-state index contributed by atoms with van der Waals surface area (Å²) in [4.78, 5) is 2.19. The number of rotatable bonds is 6. The van der Waals surface area contributed by atoms with Crippen LogP contribution in [0.1, 0.15) is 38.9 Å². The Kier molecular flexibility index (Phi) is 5.48. The zero-order valence-corrected chi connectivity index (χ0v) is 12.1. The molecule has 0 saturated heterocycles. The van der Waals surface area contributed by atoms with E-state index in [1.54, 1.807) is 14.0 Å². The van der Waals surface area contributed by atoms with E-state index in [9.17, 15) is 5.11 Å². The van der Waals surface area contributed by atoms with Gasteiger partial charge in [0.1, 0.15) is 5.75 Å². The molecular formula is C15H25NO2. The van der Waals surface area contributed by atoms with E-state index in [0.717, 1.165) is 30.0 Å². The normalized spacial score (nSPS) is 14.1. The van der Waals surface area contributed by atoms with Crippen molar-refractivity contribution in [3.8, 4) is 5.75 Å². The van der Waals surface area contributed by atoms with Crippen LogP contribution in [0, 0.1) is 5.92 Å². The summed E-state index contributed by atoms with van der Waals surface area (Å²) in [5.41, 5.74) is 1.91. The molecule has 1 aromatic rings. The van der Waals surface area contributed by atoms with Crippen LogP contribution in [-0.4, -0.2) is 25.8 Å². The second kappa shape index (κ2) is 6.64. The zero-order chi connectivity index (χ0) is 13.7. The molecule has 0 saturated carbocycles. The minimum Gasteiger partial charge on any atom is -0.496 e. The molecule has 0 bridgehead atoms. The standard InChI is InChI=1S/C15H25NO2/c1-6-11(2)10-16(4)13-8-7-9-14(18-5)15(13)12(3)17/h7-9,11-12,17H,6,10H2,1-5H3/t11?,12-/m1/s1. The van der Waals surface area contributed by atoms with Gasteiger partial charge in [0, 0.05) is 24.8 Å². The summed E-state index contributed by atoms with van der Waals surface area (Å²) in [6, 6.07) is 5.89. The molecule has 0 radical (unpaired) electrons. The van der Waals surface area contributed by atoms with Gasteiger partial charge < -0.3 is 14.7 Å². The number of aliphatic hydroxyl groups excluding tert-OH is 1. The lowest BCUT2D eigenvalue weighted by Gasteiger charge is -2.27. The Morgan fingerprint density at radius 1 is 1.33 bits per heavy atom. The first kappa shape index (κ1) is 14.8. The number of benzene rings is 1. The van der Waals surface area contributed by atoms with Crippen LogP contribution in [0.3, 0.4) is 0 Å². The van der Waals surface area contributed by atoms with E-state index in [-0.39, 0.29) is 0 Å². The van der Waals surface area contributed by atoms with Crippen molar-refractivity contribution in [3.05, 3.63) is 23.8 Å². The molecule has 0 heterocycles. The van der Waals surface area contributed by atoms with Crippen molar-refractivity contribution in [2.45, 2.75) is 33.3 Å². The van der Waals surface area contributed by atoms with Crippen molar-refractivity contribution in [3.63, 3.8) is 0 Å². The number of nitrogens with zero attached hydrogens (tertiary/aromatic N) is 1. The van der Waals surface area contributed by atoms with Crippen LogP contribution in [0.2, 0.25) is 0 Å². The summed E-state index contributed by atoms with van der Waals surface area (Å²) in [6.45, 7) is 7.18. The second-order valence-corrected chi connectivity index (χ2v) is 4.96. The summed E-state index contributed by atoms with van der Waals surface area (Å²) in [7, 11) is 3.70. The predicted molar refractivity (Wildman–Crippen MR) is 76.4 cm³/mol. The van der Waals surface area contributed by atoms with Crippen molar-refractivity contribution in [2.24, 2.45) is 5.92 Å². The fourth-order valence-corrected chi connectivity index (χ4v) is 2.16. The third-order valence-electron chi connectivity index (χ3n) is 3.37. The maximum Gasteiger partial charge on any atom is 0.126 e. The third-order valence-corrected chi connectivity index (χ3v) is 3.37. The van der Waals surface area contributed by atoms with Crippen molar-refractivity contribution in [1.29, 1.82) is 0 Å². The van der Waals surface area contributed by atoms with Gasteiger partial charge in [-0.15, -0.1) is 0 Å². The van der Waals surface area contributed by atoms with Gasteiger partial charge in [0.25, 0.3) is 0 Å². The van der Waals surface area contributed by atoms with E-state index in [0.29, 0.717) is 5.92 Å². The lowest BCUT2D eigenvalue weighted by molar-refractivity contribution is 0.194. The van der Waals surface area contributed by atoms with Gasteiger partial charge in [-0.1, -0.05) is 26.3 Å². The van der Waals surface area contributed by atoms with Gasteiger partial charge in [0.05, 0.1) is 13.2 Å². The van der Waals surface area contributed by atoms with Crippen molar-refractivity contribution in [2.75, 3.05) is 25.6 Å². The Bertz CT molecular complexity index is 377. The van der Waals surface area contributed by atoms with Crippen molar-refractivity contribution < 1.29 is 9.84 Å². The number of aliphatic hydroxyl groups is 1. The molecule has 0 fully saturated rings. The molecule has 0 aliphatic carbocycles. The average Bonchev–Trinajstić information content (AvgIpc) is 2.37. The first-order chi connectivity index (χ1) is 8.51. The molecule has 1 rings (SSSR count). The Morgan fingerprint density at radius 3 is 2.50 bits per heavy atom. The summed E-state index contributed by atoms with van der Waals surface area (Å²) in [5.74, 6) is 1.38. The molecule has 102 valence electrons. The molecule has 2 atom stereocenters. The molecule has 3 nitrogen and oxygen atoms in total. The maximum absolute atomic E-state index is 9.95. The number of ether oxygens (including phenoxy) is 1. The lowest BCUT2D eigenvalue weighted by Crippen LogP contribution is -2.25. The molecule has 1 aromatic carbocycles. The van der Waals surface area contributed by atoms with E-state index in [1.807, 2.05) is 18.2 Å². The first-order valence-electron chi connectivity index (χ1n) is 6.57. The molecule has 0 aliphatic heterocycles. The van der Waals surface area contributed by atoms with Crippen LogP contribution in [-0.2, 0) is 0 Å². The average molecular weight is 251 g/mol. The lowest BCUT2D eigenvalue weighted by atomic mass is 10.0. The summed E-state index contributed by atoms with van der Waals surface area (Å²) >= 11 is 0. The molecule has 0 amide bonds. The monoisotopic (exact) mass is 251 g/mol. The Hall–Kier alpha value is -1.22. The van der Waals surface area contributed by atoms with Crippen LogP contribution in [0.15, 0.2) is 18.2 Å². The van der Waals surface area contributed by atoms with Gasteiger partial charge >= 0.3 is 0 Å². The van der Waals surface area contributed by atoms with Gasteiger partial charge in [0.2, 0.25) is 0 Å². The van der Waals surface area contributed by atoms with Crippen LogP contribution in [0.25, 0.3) is 0 Å². The number of hydrogen-bond donors (Lipinski definition) is 1. The van der Waals surface area contributed by atoms with Gasteiger partial charge in [-0.3, -0.25) is 0 Å². The number of anilines is 1. The molecule has 1 unspecified atom stereocenters. The highest BCUT2D eigenvalue weighted by atomic mass is 16.5. The smallest absolute Gasteiger partial charge is 0.126 e. The largest absolute Gasteiger partial charge is 0.496 e. The first-order valence-corrected chi connectivity index (χ1v) is 6.57. The van der Waals surface area contributed by atoms with E-state index in [4.69, 9.17) is 4.74 Å². The quantitative estimate of drug-likeness (QED) is 0.842. The number of methoxy groups -OCH3 is 1. The summed E-state index contributed by atoms with van der Waals surface area (Å²) in [5, 5.41) is 9.95. The molecule has 3 heteroatoms. The molecular weight excluding hydrogens is 226 g/mol. The predicted octanol–water partition coefficient (Wildman–Crippen LogP) is 3.23. The van der Waals surface area contributed by atoms with Gasteiger partial charge in [0.15, 0.2) is 0 Å². The van der Waals surface area contributed by atoms with Gasteiger partial charge in [-0.2, -0.15) is 0 Å². The topological polar surface area (TPSA) is 32.7 Å². The van der Waals surface area contributed by atoms with Crippen molar-refractivity contribution in [1.82, 2.24) is 0 Å². The highest BCUT2D eigenvalue weighted by Crippen LogP contribution is 2.34. The van der Waals surface area contributed by atoms with Gasteiger partial charge in [-0.25, -0.2) is 0 Å². The fraction of sp³-hybridized carbons (Fsp3) is 0.600. The highest BCUT2D eigenvalue weighted by molar-refractivity contribution is 5.60. The van der Waals surface area contributed by atoms with E-state index >= 15 is 0 Å².